The van der Waals surface area contributed by atoms with Crippen LogP contribution in [0.2, 0.25) is 0 Å². The first-order valence-electron chi connectivity index (χ1n) is 8.51. The van der Waals surface area contributed by atoms with Gasteiger partial charge in [-0.3, -0.25) is 20.4 Å². The van der Waals surface area contributed by atoms with Crippen molar-refractivity contribution in [1.82, 2.24) is 20.4 Å². The van der Waals surface area contributed by atoms with E-state index >= 15 is 0 Å². The highest BCUT2D eigenvalue weighted by atomic mass is 19.3. The molecule has 0 aliphatic heterocycles. The molecule has 1 heterocycles. The number of hydrazine groups is 1. The Labute approximate surface area is 159 Å². The average Bonchev–Trinajstić information content (AvgIpc) is 2.99. The number of carbonyl (C=O) groups excluding carboxylic acids is 2. The molecule has 0 unspecified atom stereocenters. The second kappa shape index (κ2) is 8.03. The SMILES string of the molecule is CCn1c(C)nc2cc(C(=O)NNC(=O)c3cccc(OC(F)F)c3)ccc21. The average molecular weight is 388 g/mol. The van der Waals surface area contributed by atoms with Gasteiger partial charge >= 0.3 is 6.61 Å². The van der Waals surface area contributed by atoms with Gasteiger partial charge in [-0.1, -0.05) is 6.07 Å². The maximum absolute atomic E-state index is 12.3. The lowest BCUT2D eigenvalue weighted by atomic mass is 10.2. The summed E-state index contributed by atoms with van der Waals surface area (Å²) in [5.74, 6) is -0.505. The third-order valence-electron chi connectivity index (χ3n) is 4.13. The molecular formula is C19H18F2N4O3. The van der Waals surface area contributed by atoms with Gasteiger partial charge in [-0.25, -0.2) is 4.98 Å². The standard InChI is InChI=1S/C19H18F2N4O3/c1-3-25-11(2)22-15-10-13(7-8-16(15)25)18(27)24-23-17(26)12-5-4-6-14(9-12)28-19(20)21/h4-10,19H,3H2,1-2H3,(H,23,26)(H,24,27). The quantitative estimate of drug-likeness (QED) is 0.658. The minimum atomic E-state index is -2.99. The lowest BCUT2D eigenvalue weighted by Gasteiger charge is -2.09. The maximum Gasteiger partial charge on any atom is 0.387 e. The molecule has 0 spiro atoms. The summed E-state index contributed by atoms with van der Waals surface area (Å²) in [5, 5.41) is 0. The Morgan fingerprint density at radius 1 is 1.11 bits per heavy atom. The molecule has 0 aliphatic carbocycles. The lowest BCUT2D eigenvalue weighted by Crippen LogP contribution is -2.41. The Balaban J connectivity index is 1.68. The first kappa shape index (κ1) is 19.3. The Bertz CT molecular complexity index is 1030. The van der Waals surface area contributed by atoms with Crippen LogP contribution >= 0.6 is 0 Å². The molecule has 0 fully saturated rings. The Hall–Kier alpha value is -3.49. The highest BCUT2D eigenvalue weighted by Crippen LogP contribution is 2.18. The van der Waals surface area contributed by atoms with Crippen molar-refractivity contribution in [1.29, 1.82) is 0 Å². The molecule has 2 N–H and O–H groups in total. The summed E-state index contributed by atoms with van der Waals surface area (Å²) >= 11 is 0. The van der Waals surface area contributed by atoms with Crippen molar-refractivity contribution >= 4 is 22.8 Å². The number of alkyl halides is 2. The summed E-state index contributed by atoms with van der Waals surface area (Å²) in [7, 11) is 0. The zero-order valence-corrected chi connectivity index (χ0v) is 15.2. The molecule has 7 nitrogen and oxygen atoms in total. The van der Waals surface area contributed by atoms with Gasteiger partial charge in [-0.2, -0.15) is 8.78 Å². The van der Waals surface area contributed by atoms with Crippen molar-refractivity contribution in [3.8, 4) is 5.75 Å². The Morgan fingerprint density at radius 3 is 2.43 bits per heavy atom. The van der Waals surface area contributed by atoms with Crippen LogP contribution in [-0.2, 0) is 6.54 Å². The second-order valence-electron chi connectivity index (χ2n) is 5.92. The highest BCUT2D eigenvalue weighted by molar-refractivity contribution is 6.00. The molecule has 28 heavy (non-hydrogen) atoms. The molecule has 0 aliphatic rings. The lowest BCUT2D eigenvalue weighted by molar-refractivity contribution is -0.0498. The van der Waals surface area contributed by atoms with Crippen LogP contribution in [0.15, 0.2) is 42.5 Å². The number of ether oxygens (including phenoxy) is 1. The van der Waals surface area contributed by atoms with Crippen LogP contribution in [0.1, 0.15) is 33.5 Å². The summed E-state index contributed by atoms with van der Waals surface area (Å²) in [6, 6.07) is 10.3. The van der Waals surface area contributed by atoms with Crippen LogP contribution in [0.5, 0.6) is 5.75 Å². The first-order chi connectivity index (χ1) is 13.4. The molecule has 2 aromatic carbocycles. The number of fused-ring (bicyclic) bond motifs is 1. The van der Waals surface area contributed by atoms with E-state index in [1.165, 1.54) is 18.2 Å². The van der Waals surface area contributed by atoms with E-state index in [1.807, 2.05) is 18.4 Å². The van der Waals surface area contributed by atoms with E-state index in [-0.39, 0.29) is 11.3 Å². The third kappa shape index (κ3) is 4.08. The van der Waals surface area contributed by atoms with Gasteiger partial charge in [-0.15, -0.1) is 0 Å². The molecule has 9 heteroatoms. The Kier molecular flexibility index (Phi) is 5.53. The van der Waals surface area contributed by atoms with Crippen LogP contribution in [0.3, 0.4) is 0 Å². The number of hydrogen-bond acceptors (Lipinski definition) is 4. The predicted molar refractivity (Wildman–Crippen MR) is 98.2 cm³/mol. The van der Waals surface area contributed by atoms with Crippen LogP contribution in [0, 0.1) is 6.92 Å². The number of aryl methyl sites for hydroxylation is 2. The van der Waals surface area contributed by atoms with Gasteiger partial charge in [0.25, 0.3) is 11.8 Å². The molecule has 0 saturated carbocycles. The summed E-state index contributed by atoms with van der Waals surface area (Å²) < 4.78 is 30.8. The van der Waals surface area contributed by atoms with Gasteiger partial charge in [0.1, 0.15) is 11.6 Å². The smallest absolute Gasteiger partial charge is 0.387 e. The topological polar surface area (TPSA) is 85.3 Å². The molecule has 3 rings (SSSR count). The van der Waals surface area contributed by atoms with Crippen LogP contribution < -0.4 is 15.6 Å². The number of imidazole rings is 1. The fraction of sp³-hybridized carbons (Fsp3) is 0.211. The normalized spacial score (nSPS) is 10.9. The van der Waals surface area contributed by atoms with Crippen molar-refractivity contribution in [2.24, 2.45) is 0 Å². The molecule has 0 bridgehead atoms. The number of benzene rings is 2. The molecule has 1 aromatic heterocycles. The largest absolute Gasteiger partial charge is 0.435 e. The first-order valence-corrected chi connectivity index (χ1v) is 8.51. The van der Waals surface area contributed by atoms with Crippen molar-refractivity contribution in [2.75, 3.05) is 0 Å². The zero-order chi connectivity index (χ0) is 20.3. The monoisotopic (exact) mass is 388 g/mol. The fourth-order valence-electron chi connectivity index (χ4n) is 2.86. The van der Waals surface area contributed by atoms with Gasteiger partial charge in [0.15, 0.2) is 0 Å². The minimum absolute atomic E-state index is 0.0613. The number of nitrogens with one attached hydrogen (secondary N) is 2. The molecule has 0 atom stereocenters. The van der Waals surface area contributed by atoms with Gasteiger partial charge < -0.3 is 9.30 Å². The molecule has 3 aromatic rings. The molecule has 2 amide bonds. The van der Waals surface area contributed by atoms with E-state index in [1.54, 1.807) is 18.2 Å². The second-order valence-corrected chi connectivity index (χ2v) is 5.92. The number of carbonyl (C=O) groups is 2. The van der Waals surface area contributed by atoms with Gasteiger partial charge in [0.2, 0.25) is 0 Å². The summed E-state index contributed by atoms with van der Waals surface area (Å²) in [5.41, 5.74) is 6.52. The Morgan fingerprint density at radius 2 is 1.79 bits per heavy atom. The van der Waals surface area contributed by atoms with E-state index in [0.29, 0.717) is 11.1 Å². The number of nitrogens with zero attached hydrogens (tertiary/aromatic N) is 2. The number of halogens is 2. The number of rotatable bonds is 5. The highest BCUT2D eigenvalue weighted by Gasteiger charge is 2.13. The summed E-state index contributed by atoms with van der Waals surface area (Å²) in [6.45, 7) is 1.66. The molecule has 0 saturated heterocycles. The zero-order valence-electron chi connectivity index (χ0n) is 15.2. The van der Waals surface area contributed by atoms with E-state index in [4.69, 9.17) is 0 Å². The van der Waals surface area contributed by atoms with Gasteiger partial charge in [0, 0.05) is 17.7 Å². The van der Waals surface area contributed by atoms with Crippen molar-refractivity contribution in [3.05, 3.63) is 59.4 Å². The van der Waals surface area contributed by atoms with Crippen LogP contribution in [-0.4, -0.2) is 28.0 Å². The minimum Gasteiger partial charge on any atom is -0.435 e. The van der Waals surface area contributed by atoms with Crippen LogP contribution in [0.4, 0.5) is 8.78 Å². The molecule has 146 valence electrons. The molecular weight excluding hydrogens is 370 g/mol. The third-order valence-corrected chi connectivity index (χ3v) is 4.13. The predicted octanol–water partition coefficient (Wildman–Crippen LogP) is 3.04. The van der Waals surface area contributed by atoms with Gasteiger partial charge in [-0.05, 0) is 50.2 Å². The van der Waals surface area contributed by atoms with E-state index in [0.717, 1.165) is 24.0 Å². The number of hydrogen-bond donors (Lipinski definition) is 2. The number of aromatic nitrogens is 2. The number of amides is 2. The van der Waals surface area contributed by atoms with Crippen molar-refractivity contribution in [3.63, 3.8) is 0 Å². The maximum atomic E-state index is 12.3. The van der Waals surface area contributed by atoms with Crippen molar-refractivity contribution in [2.45, 2.75) is 27.0 Å². The van der Waals surface area contributed by atoms with Crippen molar-refractivity contribution < 1.29 is 23.1 Å². The van der Waals surface area contributed by atoms with E-state index in [2.05, 4.69) is 20.6 Å². The summed E-state index contributed by atoms with van der Waals surface area (Å²) in [4.78, 5) is 28.9. The summed E-state index contributed by atoms with van der Waals surface area (Å²) in [6.07, 6.45) is 0. The van der Waals surface area contributed by atoms with E-state index in [9.17, 15) is 18.4 Å². The van der Waals surface area contributed by atoms with Crippen LogP contribution in [0.25, 0.3) is 11.0 Å². The van der Waals surface area contributed by atoms with Gasteiger partial charge in [0.05, 0.1) is 11.0 Å². The fourth-order valence-corrected chi connectivity index (χ4v) is 2.86. The van der Waals surface area contributed by atoms with E-state index < -0.39 is 18.4 Å². The molecule has 0 radical (unpaired) electrons.